The van der Waals surface area contributed by atoms with Crippen LogP contribution in [-0.4, -0.2) is 32.4 Å². The predicted octanol–water partition coefficient (Wildman–Crippen LogP) is 0.193. The van der Waals surface area contributed by atoms with Crippen LogP contribution in [-0.2, 0) is 14.6 Å². The third-order valence-corrected chi connectivity index (χ3v) is 4.25. The highest BCUT2D eigenvalue weighted by molar-refractivity contribution is 7.91. The summed E-state index contributed by atoms with van der Waals surface area (Å²) in [5, 5.41) is 2.76. The van der Waals surface area contributed by atoms with E-state index in [0.29, 0.717) is 13.0 Å². The van der Waals surface area contributed by atoms with E-state index in [2.05, 4.69) is 5.32 Å². The van der Waals surface area contributed by atoms with Crippen molar-refractivity contribution in [2.45, 2.75) is 20.3 Å². The van der Waals surface area contributed by atoms with Gasteiger partial charge in [0.05, 0.1) is 11.5 Å². The molecule has 1 amide bonds. The predicted molar refractivity (Wildman–Crippen MR) is 54.6 cm³/mol. The quantitative estimate of drug-likeness (QED) is 0.737. The van der Waals surface area contributed by atoms with E-state index in [1.807, 2.05) is 13.8 Å². The fourth-order valence-electron chi connectivity index (χ4n) is 1.48. The molecule has 4 nitrogen and oxygen atoms in total. The van der Waals surface area contributed by atoms with Crippen molar-refractivity contribution in [1.29, 1.82) is 0 Å². The summed E-state index contributed by atoms with van der Waals surface area (Å²) in [4.78, 5) is 11.2. The third kappa shape index (κ3) is 3.29. The Morgan fingerprint density at radius 2 is 2.14 bits per heavy atom. The van der Waals surface area contributed by atoms with Gasteiger partial charge in [-0.05, 0) is 12.3 Å². The summed E-state index contributed by atoms with van der Waals surface area (Å²) >= 11 is 0. The second kappa shape index (κ2) is 4.29. The highest BCUT2D eigenvalue weighted by Gasteiger charge is 2.27. The maximum Gasteiger partial charge on any atom is 0.222 e. The monoisotopic (exact) mass is 219 g/mol. The summed E-state index contributed by atoms with van der Waals surface area (Å²) in [5.41, 5.74) is 0. The fraction of sp³-hybridized carbons (Fsp3) is 0.889. The summed E-state index contributed by atoms with van der Waals surface area (Å²) in [6.45, 7) is 4.14. The van der Waals surface area contributed by atoms with Crippen molar-refractivity contribution in [3.8, 4) is 0 Å². The molecule has 0 spiro atoms. The van der Waals surface area contributed by atoms with Crippen molar-refractivity contribution in [2.24, 2.45) is 11.8 Å². The van der Waals surface area contributed by atoms with E-state index in [0.717, 1.165) is 0 Å². The minimum absolute atomic E-state index is 0.00528. The molecule has 1 aliphatic rings. The van der Waals surface area contributed by atoms with Crippen LogP contribution in [0, 0.1) is 11.8 Å². The Morgan fingerprint density at radius 1 is 1.50 bits per heavy atom. The van der Waals surface area contributed by atoms with Crippen molar-refractivity contribution in [2.75, 3.05) is 18.1 Å². The highest BCUT2D eigenvalue weighted by Crippen LogP contribution is 2.17. The Bertz CT molecular complexity index is 308. The number of hydrogen-bond acceptors (Lipinski definition) is 3. The molecular formula is C9H17NO3S. The number of carbonyl (C=O) groups is 1. The van der Waals surface area contributed by atoms with Gasteiger partial charge in [-0.3, -0.25) is 4.79 Å². The van der Waals surface area contributed by atoms with Crippen LogP contribution in [0.3, 0.4) is 0 Å². The molecule has 1 unspecified atom stereocenters. The van der Waals surface area contributed by atoms with Gasteiger partial charge in [0.2, 0.25) is 5.91 Å². The largest absolute Gasteiger partial charge is 0.356 e. The van der Waals surface area contributed by atoms with Gasteiger partial charge in [0.1, 0.15) is 0 Å². The number of hydrogen-bond donors (Lipinski definition) is 1. The fourth-order valence-corrected chi connectivity index (χ4v) is 3.34. The minimum Gasteiger partial charge on any atom is -0.356 e. The standard InChI is InChI=1S/C9H17NO3S/c1-7(2)9(11)10-5-8-3-4-14(12,13)6-8/h7-8H,3-6H2,1-2H3,(H,10,11). The van der Waals surface area contributed by atoms with Crippen molar-refractivity contribution < 1.29 is 13.2 Å². The topological polar surface area (TPSA) is 63.2 Å². The van der Waals surface area contributed by atoms with Gasteiger partial charge in [-0.25, -0.2) is 8.42 Å². The third-order valence-electron chi connectivity index (χ3n) is 2.42. The number of carbonyl (C=O) groups excluding carboxylic acids is 1. The molecule has 1 rings (SSSR count). The molecule has 1 fully saturated rings. The molecule has 0 radical (unpaired) electrons. The zero-order valence-corrected chi connectivity index (χ0v) is 9.43. The summed E-state index contributed by atoms with van der Waals surface area (Å²) < 4.78 is 22.2. The summed E-state index contributed by atoms with van der Waals surface area (Å²) in [5.74, 6) is 0.575. The molecule has 0 bridgehead atoms. The first-order chi connectivity index (χ1) is 6.41. The van der Waals surface area contributed by atoms with Gasteiger partial charge in [-0.15, -0.1) is 0 Å². The van der Waals surface area contributed by atoms with Crippen LogP contribution in [0.5, 0.6) is 0 Å². The van der Waals surface area contributed by atoms with Gasteiger partial charge in [-0.1, -0.05) is 13.8 Å². The molecule has 1 aliphatic heterocycles. The summed E-state index contributed by atoms with van der Waals surface area (Å²) in [6, 6.07) is 0. The average Bonchev–Trinajstić information content (AvgIpc) is 2.41. The molecule has 1 atom stereocenters. The Labute approximate surface area is 85.0 Å². The first-order valence-electron chi connectivity index (χ1n) is 4.89. The van der Waals surface area contributed by atoms with Crippen molar-refractivity contribution in [3.05, 3.63) is 0 Å². The van der Waals surface area contributed by atoms with Crippen LogP contribution in [0.1, 0.15) is 20.3 Å². The molecule has 0 saturated carbocycles. The van der Waals surface area contributed by atoms with E-state index in [4.69, 9.17) is 0 Å². The van der Waals surface area contributed by atoms with E-state index in [1.54, 1.807) is 0 Å². The lowest BCUT2D eigenvalue weighted by atomic mass is 10.1. The van der Waals surface area contributed by atoms with E-state index in [9.17, 15) is 13.2 Å². The SMILES string of the molecule is CC(C)C(=O)NCC1CCS(=O)(=O)C1. The Kier molecular flexibility index (Phi) is 3.53. The van der Waals surface area contributed by atoms with Crippen LogP contribution < -0.4 is 5.32 Å². The van der Waals surface area contributed by atoms with E-state index < -0.39 is 9.84 Å². The molecule has 1 N–H and O–H groups in total. The van der Waals surface area contributed by atoms with Gasteiger partial charge >= 0.3 is 0 Å². The van der Waals surface area contributed by atoms with Gasteiger partial charge < -0.3 is 5.32 Å². The number of rotatable bonds is 3. The van der Waals surface area contributed by atoms with Crippen LogP contribution in [0.4, 0.5) is 0 Å². The zero-order chi connectivity index (χ0) is 10.8. The van der Waals surface area contributed by atoms with Crippen molar-refractivity contribution in [3.63, 3.8) is 0 Å². The first kappa shape index (κ1) is 11.5. The summed E-state index contributed by atoms with van der Waals surface area (Å²) in [6.07, 6.45) is 0.681. The molecule has 0 aromatic rings. The van der Waals surface area contributed by atoms with Crippen molar-refractivity contribution in [1.82, 2.24) is 5.32 Å². The molecule has 82 valence electrons. The van der Waals surface area contributed by atoms with E-state index in [1.165, 1.54) is 0 Å². The van der Waals surface area contributed by atoms with Crippen LogP contribution in [0.2, 0.25) is 0 Å². The molecule has 5 heteroatoms. The van der Waals surface area contributed by atoms with Crippen LogP contribution in [0.25, 0.3) is 0 Å². The second-order valence-corrected chi connectivity index (χ2v) is 6.40. The van der Waals surface area contributed by atoms with Crippen LogP contribution >= 0.6 is 0 Å². The summed E-state index contributed by atoms with van der Waals surface area (Å²) in [7, 11) is -2.81. The van der Waals surface area contributed by atoms with Crippen molar-refractivity contribution >= 4 is 15.7 Å². The smallest absolute Gasteiger partial charge is 0.222 e. The average molecular weight is 219 g/mol. The minimum atomic E-state index is -2.81. The number of sulfone groups is 1. The Balaban J connectivity index is 2.31. The van der Waals surface area contributed by atoms with E-state index >= 15 is 0 Å². The van der Waals surface area contributed by atoms with E-state index in [-0.39, 0.29) is 29.2 Å². The Hall–Kier alpha value is -0.580. The molecule has 14 heavy (non-hydrogen) atoms. The molecule has 1 saturated heterocycles. The second-order valence-electron chi connectivity index (χ2n) is 4.17. The molecule has 1 heterocycles. The molecule has 0 aromatic carbocycles. The lowest BCUT2D eigenvalue weighted by Crippen LogP contribution is -2.32. The maximum atomic E-state index is 11.2. The zero-order valence-electron chi connectivity index (χ0n) is 8.62. The normalized spacial score (nSPS) is 25.2. The first-order valence-corrected chi connectivity index (χ1v) is 6.71. The number of amides is 1. The molecule has 0 aromatic heterocycles. The number of nitrogens with one attached hydrogen (secondary N) is 1. The van der Waals surface area contributed by atoms with Gasteiger partial charge in [0.15, 0.2) is 9.84 Å². The molecule has 0 aliphatic carbocycles. The van der Waals surface area contributed by atoms with Gasteiger partial charge in [-0.2, -0.15) is 0 Å². The van der Waals surface area contributed by atoms with Gasteiger partial charge in [0.25, 0.3) is 0 Å². The lowest BCUT2D eigenvalue weighted by Gasteiger charge is -2.11. The Morgan fingerprint density at radius 3 is 2.57 bits per heavy atom. The molecular weight excluding hydrogens is 202 g/mol. The van der Waals surface area contributed by atoms with Crippen LogP contribution in [0.15, 0.2) is 0 Å². The van der Waals surface area contributed by atoms with Gasteiger partial charge in [0, 0.05) is 12.5 Å². The maximum absolute atomic E-state index is 11.2. The lowest BCUT2D eigenvalue weighted by molar-refractivity contribution is -0.124. The highest BCUT2D eigenvalue weighted by atomic mass is 32.2.